The van der Waals surface area contributed by atoms with Gasteiger partial charge < -0.3 is 4.90 Å². The normalized spacial score (nSPS) is 14.1. The van der Waals surface area contributed by atoms with E-state index in [0.29, 0.717) is 0 Å². The molecule has 0 aliphatic rings. The van der Waals surface area contributed by atoms with Crippen LogP contribution in [0.25, 0.3) is 0 Å². The Hall–Kier alpha value is 0.600. The molecule has 0 aliphatic carbocycles. The fraction of sp³-hybridized carbons (Fsp3) is 1.00. The summed E-state index contributed by atoms with van der Waals surface area (Å²) in [6.45, 7) is 4.15. The molecule has 10 heavy (non-hydrogen) atoms. The van der Waals surface area contributed by atoms with Gasteiger partial charge in [0.1, 0.15) is 0 Å². The van der Waals surface area contributed by atoms with Crippen LogP contribution in [0, 0.1) is 0 Å². The maximum Gasteiger partial charge on any atom is 0.0434 e. The topological polar surface area (TPSA) is 3.24 Å². The summed E-state index contributed by atoms with van der Waals surface area (Å²) in [7, 11) is 2.11. The highest BCUT2D eigenvalue weighted by Gasteiger charge is 2.00. The van der Waals surface area contributed by atoms with Crippen LogP contribution in [-0.4, -0.2) is 42.4 Å². The van der Waals surface area contributed by atoms with Crippen molar-refractivity contribution >= 4 is 23.4 Å². The summed E-state index contributed by atoms with van der Waals surface area (Å²) in [6.07, 6.45) is 2.12. The number of nitrogens with zero attached hydrogens (tertiary/aromatic N) is 1. The monoisotopic (exact) mass is 181 g/mol. The largest absolute Gasteiger partial charge is 0.304 e. The molecule has 0 aromatic carbocycles. The molecule has 0 aromatic heterocycles. The highest BCUT2D eigenvalue weighted by atomic mass is 35.5. The molecule has 0 N–H and O–H groups in total. The number of hydrogen-bond acceptors (Lipinski definition) is 2. The van der Waals surface area contributed by atoms with Crippen LogP contribution in [-0.2, 0) is 0 Å². The Balaban J connectivity index is 3.16. The predicted octanol–water partition coefficient (Wildman–Crippen LogP) is 1.91. The smallest absolute Gasteiger partial charge is 0.0434 e. The molecule has 0 saturated heterocycles. The Morgan fingerprint density at radius 2 is 2.20 bits per heavy atom. The Labute approximate surface area is 73.1 Å². The van der Waals surface area contributed by atoms with Gasteiger partial charge in [0.25, 0.3) is 0 Å². The van der Waals surface area contributed by atoms with Gasteiger partial charge in [0.15, 0.2) is 0 Å². The van der Waals surface area contributed by atoms with E-state index in [1.807, 2.05) is 18.7 Å². The van der Waals surface area contributed by atoms with Gasteiger partial charge in [-0.1, -0.05) is 0 Å². The van der Waals surface area contributed by atoms with Crippen molar-refractivity contribution in [3.63, 3.8) is 0 Å². The summed E-state index contributed by atoms with van der Waals surface area (Å²) < 4.78 is 0. The summed E-state index contributed by atoms with van der Waals surface area (Å²) >= 11 is 7.68. The molecule has 0 bridgehead atoms. The van der Waals surface area contributed by atoms with Crippen LogP contribution in [0.5, 0.6) is 0 Å². The zero-order valence-electron chi connectivity index (χ0n) is 6.93. The van der Waals surface area contributed by atoms with Crippen LogP contribution in [0.2, 0.25) is 0 Å². The van der Waals surface area contributed by atoms with Crippen LogP contribution in [0.15, 0.2) is 0 Å². The lowest BCUT2D eigenvalue weighted by Crippen LogP contribution is -2.26. The van der Waals surface area contributed by atoms with Crippen LogP contribution in [0.3, 0.4) is 0 Å². The molecule has 0 rings (SSSR count). The quantitative estimate of drug-likeness (QED) is 0.597. The number of alkyl halides is 1. The second-order valence-electron chi connectivity index (χ2n) is 2.54. The molecular formula is C7H16ClNS. The molecule has 0 heterocycles. The lowest BCUT2D eigenvalue weighted by molar-refractivity contribution is 0.359. The molecule has 0 aromatic rings. The van der Waals surface area contributed by atoms with E-state index in [9.17, 15) is 0 Å². The van der Waals surface area contributed by atoms with E-state index in [4.69, 9.17) is 11.6 Å². The van der Waals surface area contributed by atoms with Crippen molar-refractivity contribution in [2.45, 2.75) is 12.3 Å². The van der Waals surface area contributed by atoms with E-state index >= 15 is 0 Å². The van der Waals surface area contributed by atoms with E-state index in [2.05, 4.69) is 18.2 Å². The van der Waals surface area contributed by atoms with Gasteiger partial charge in [0.2, 0.25) is 0 Å². The Morgan fingerprint density at radius 3 is 2.60 bits per heavy atom. The van der Waals surface area contributed by atoms with Crippen molar-refractivity contribution in [1.29, 1.82) is 0 Å². The number of hydrogen-bond donors (Lipinski definition) is 0. The molecule has 1 nitrogen and oxygen atoms in total. The van der Waals surface area contributed by atoms with Gasteiger partial charge in [-0.05, 0) is 20.2 Å². The highest BCUT2D eigenvalue weighted by Crippen LogP contribution is 1.98. The summed E-state index contributed by atoms with van der Waals surface area (Å²) in [4.78, 5) is 2.26. The minimum Gasteiger partial charge on any atom is -0.304 e. The first-order valence-electron chi connectivity index (χ1n) is 3.48. The van der Waals surface area contributed by atoms with Gasteiger partial charge in [-0.25, -0.2) is 0 Å². The minimum atomic E-state index is 0.270. The van der Waals surface area contributed by atoms with Gasteiger partial charge in [-0.15, -0.1) is 11.6 Å². The molecule has 0 radical (unpaired) electrons. The molecule has 3 heteroatoms. The molecule has 1 unspecified atom stereocenters. The van der Waals surface area contributed by atoms with Gasteiger partial charge in [-0.2, -0.15) is 11.8 Å². The number of halogens is 1. The summed E-state index contributed by atoms with van der Waals surface area (Å²) in [5, 5.41) is 0.270. The third-order valence-corrected chi connectivity index (χ3v) is 1.97. The van der Waals surface area contributed by atoms with E-state index in [-0.39, 0.29) is 5.38 Å². The lowest BCUT2D eigenvalue weighted by atomic mass is 10.4. The molecule has 1 atom stereocenters. The molecule has 0 saturated carbocycles. The van der Waals surface area contributed by atoms with E-state index in [0.717, 1.165) is 13.1 Å². The van der Waals surface area contributed by atoms with Crippen molar-refractivity contribution in [3.8, 4) is 0 Å². The maximum atomic E-state index is 5.80. The van der Waals surface area contributed by atoms with E-state index in [1.54, 1.807) is 0 Å². The Morgan fingerprint density at radius 1 is 1.60 bits per heavy atom. The average Bonchev–Trinajstić information content (AvgIpc) is 1.82. The second kappa shape index (κ2) is 6.32. The Bertz CT molecular complexity index is 78.0. The number of thioether (sulfide) groups is 1. The van der Waals surface area contributed by atoms with Crippen LogP contribution in [0.1, 0.15) is 6.92 Å². The van der Waals surface area contributed by atoms with Crippen LogP contribution < -0.4 is 0 Å². The van der Waals surface area contributed by atoms with Crippen LogP contribution in [0.4, 0.5) is 0 Å². The molecular weight excluding hydrogens is 166 g/mol. The third-order valence-electron chi connectivity index (χ3n) is 1.24. The SMILES string of the molecule is CSCCN(C)CC(C)Cl. The summed E-state index contributed by atoms with van der Waals surface area (Å²) in [5.41, 5.74) is 0. The molecule has 0 spiro atoms. The Kier molecular flexibility index (Phi) is 6.70. The summed E-state index contributed by atoms with van der Waals surface area (Å²) in [6, 6.07) is 0. The zero-order valence-corrected chi connectivity index (χ0v) is 8.50. The molecule has 62 valence electrons. The van der Waals surface area contributed by atoms with Crippen LogP contribution >= 0.6 is 23.4 Å². The van der Waals surface area contributed by atoms with Gasteiger partial charge >= 0.3 is 0 Å². The first-order valence-corrected chi connectivity index (χ1v) is 5.31. The average molecular weight is 182 g/mol. The second-order valence-corrected chi connectivity index (χ2v) is 4.27. The first-order chi connectivity index (χ1) is 4.66. The first kappa shape index (κ1) is 10.6. The number of rotatable bonds is 5. The highest BCUT2D eigenvalue weighted by molar-refractivity contribution is 7.98. The van der Waals surface area contributed by atoms with Crippen molar-refractivity contribution in [1.82, 2.24) is 4.90 Å². The minimum absolute atomic E-state index is 0.270. The lowest BCUT2D eigenvalue weighted by Gasteiger charge is -2.16. The van der Waals surface area contributed by atoms with Crippen molar-refractivity contribution < 1.29 is 0 Å². The van der Waals surface area contributed by atoms with Crippen molar-refractivity contribution in [2.75, 3.05) is 32.1 Å². The van der Waals surface area contributed by atoms with E-state index < -0.39 is 0 Å². The summed E-state index contributed by atoms with van der Waals surface area (Å²) in [5.74, 6) is 1.19. The van der Waals surface area contributed by atoms with Gasteiger partial charge in [0.05, 0.1) is 0 Å². The molecule has 0 aliphatic heterocycles. The zero-order chi connectivity index (χ0) is 7.98. The van der Waals surface area contributed by atoms with Crippen molar-refractivity contribution in [2.24, 2.45) is 0 Å². The fourth-order valence-electron chi connectivity index (χ4n) is 0.768. The van der Waals surface area contributed by atoms with Gasteiger partial charge in [-0.3, -0.25) is 0 Å². The predicted molar refractivity (Wildman–Crippen MR) is 51.2 cm³/mol. The van der Waals surface area contributed by atoms with E-state index in [1.165, 1.54) is 5.75 Å². The standard InChI is InChI=1S/C7H16ClNS/c1-7(8)6-9(2)4-5-10-3/h7H,4-6H2,1-3H3. The molecule has 0 amide bonds. The van der Waals surface area contributed by atoms with Gasteiger partial charge in [0, 0.05) is 24.2 Å². The molecule has 0 fully saturated rings. The third kappa shape index (κ3) is 6.72. The maximum absolute atomic E-state index is 5.80. The van der Waals surface area contributed by atoms with Crippen molar-refractivity contribution in [3.05, 3.63) is 0 Å². The fourth-order valence-corrected chi connectivity index (χ4v) is 1.50.